The second-order valence-corrected chi connectivity index (χ2v) is 6.83. The van der Waals surface area contributed by atoms with Gasteiger partial charge < -0.3 is 5.32 Å². The molecule has 3 aromatic rings. The van der Waals surface area contributed by atoms with Gasteiger partial charge in [-0.2, -0.15) is 73.9 Å². The predicted octanol–water partition coefficient (Wildman–Crippen LogP) is 8.56. The molecule has 0 unspecified atom stereocenters. The van der Waals surface area contributed by atoms with Crippen molar-refractivity contribution in [3.63, 3.8) is 0 Å². The Kier molecular flexibility index (Phi) is 24.6. The van der Waals surface area contributed by atoms with Crippen molar-refractivity contribution >= 4 is 0 Å². The van der Waals surface area contributed by atoms with E-state index >= 15 is 0 Å². The first kappa shape index (κ1) is 31.3. The molecule has 164 valence electrons. The van der Waals surface area contributed by atoms with E-state index in [4.69, 9.17) is 0 Å². The first-order valence-electron chi connectivity index (χ1n) is 10.8. The molecule has 31 heavy (non-hydrogen) atoms. The summed E-state index contributed by atoms with van der Waals surface area (Å²) in [6.07, 6.45) is 5.08. The van der Waals surface area contributed by atoms with E-state index in [1.807, 2.05) is 91.0 Å². The second kappa shape index (κ2) is 24.4. The molecule has 0 spiro atoms. The van der Waals surface area contributed by atoms with Gasteiger partial charge in [-0.3, -0.25) is 0 Å². The van der Waals surface area contributed by atoms with Gasteiger partial charge in [0.1, 0.15) is 0 Å². The minimum Gasteiger partial charge on any atom is -0.662 e. The number of hydrogen-bond donors (Lipinski definition) is 0. The molecule has 2 heteroatoms. The van der Waals surface area contributed by atoms with Gasteiger partial charge in [-0.15, -0.1) is 49.5 Å². The minimum absolute atomic E-state index is 0. The minimum atomic E-state index is 0. The zero-order valence-electron chi connectivity index (χ0n) is 19.5. The van der Waals surface area contributed by atoms with Crippen LogP contribution in [0.4, 0.5) is 0 Å². The third-order valence-electron chi connectivity index (χ3n) is 3.87. The van der Waals surface area contributed by atoms with Crippen molar-refractivity contribution in [1.29, 1.82) is 0 Å². The molecule has 0 atom stereocenters. The Balaban J connectivity index is 0. The van der Waals surface area contributed by atoms with E-state index < -0.39 is 0 Å². The summed E-state index contributed by atoms with van der Waals surface area (Å²) in [5, 5.41) is 4.35. The summed E-state index contributed by atoms with van der Waals surface area (Å²) in [5.41, 5.74) is 3.22. The van der Waals surface area contributed by atoms with E-state index in [1.54, 1.807) is 0 Å². The average molecular weight is 580 g/mol. The summed E-state index contributed by atoms with van der Waals surface area (Å²) in [7, 11) is 0. The number of benzene rings is 3. The van der Waals surface area contributed by atoms with Crippen LogP contribution >= 0.6 is 0 Å². The molecule has 0 radical (unpaired) electrons. The van der Waals surface area contributed by atoms with Crippen LogP contribution in [0.25, 0.3) is 5.32 Å². The van der Waals surface area contributed by atoms with Crippen molar-refractivity contribution < 1.29 is 25.8 Å². The van der Waals surface area contributed by atoms with Gasteiger partial charge in [-0.05, 0) is 0 Å². The summed E-state index contributed by atoms with van der Waals surface area (Å²) in [4.78, 5) is 0. The summed E-state index contributed by atoms with van der Waals surface area (Å²) in [5.74, 6) is 0. The molecule has 3 rings (SSSR count). The molecule has 0 N–H and O–H groups in total. The Morgan fingerprint density at radius 2 is 0.774 bits per heavy atom. The van der Waals surface area contributed by atoms with Gasteiger partial charge in [0.2, 0.25) is 0 Å². The smallest absolute Gasteiger partial charge is 0.662 e. The zero-order valence-corrected chi connectivity index (χ0v) is 23.1. The summed E-state index contributed by atoms with van der Waals surface area (Å²) >= 11 is 0. The van der Waals surface area contributed by atoms with Crippen LogP contribution in [0.5, 0.6) is 0 Å². The fourth-order valence-corrected chi connectivity index (χ4v) is 2.09. The monoisotopic (exact) mass is 581 g/mol. The molecular weight excluding hydrogens is 541 g/mol. The Hall–Kier alpha value is -1.90. The molecular formula is C29H39HfN. The van der Waals surface area contributed by atoms with Gasteiger partial charge in [0.15, 0.2) is 0 Å². The molecule has 0 aliphatic heterocycles. The molecule has 0 saturated carbocycles. The van der Waals surface area contributed by atoms with Gasteiger partial charge in [0.05, 0.1) is 0 Å². The molecule has 3 aromatic carbocycles. The molecule has 1 nitrogen and oxygen atoms in total. The second-order valence-electron chi connectivity index (χ2n) is 6.83. The number of rotatable bonds is 6. The van der Waals surface area contributed by atoms with Crippen molar-refractivity contribution in [3.8, 4) is 0 Å². The van der Waals surface area contributed by atoms with Gasteiger partial charge in [-0.1, -0.05) is 57.7 Å². The van der Waals surface area contributed by atoms with Gasteiger partial charge in [-0.25, -0.2) is 0 Å². The molecule has 0 saturated heterocycles. The van der Waals surface area contributed by atoms with Crippen molar-refractivity contribution in [3.05, 3.63) is 134 Å². The van der Waals surface area contributed by atoms with Crippen molar-refractivity contribution in [1.82, 2.24) is 0 Å². The zero-order chi connectivity index (χ0) is 22.3. The third kappa shape index (κ3) is 24.2. The number of nitrogens with zero attached hydrogens (tertiary/aromatic N) is 1. The normalized spacial score (nSPS) is 8.71. The molecule has 0 bridgehead atoms. The van der Waals surface area contributed by atoms with E-state index in [0.717, 1.165) is 29.8 Å². The topological polar surface area (TPSA) is 14.1 Å². The maximum Gasteiger partial charge on any atom is 4.00 e. The van der Waals surface area contributed by atoms with Crippen LogP contribution in [0, 0.1) is 20.8 Å². The summed E-state index contributed by atoms with van der Waals surface area (Å²) < 4.78 is 0. The van der Waals surface area contributed by atoms with Crippen LogP contribution in [0.15, 0.2) is 91.0 Å². The fraction of sp³-hybridized carbons (Fsp3) is 0.276. The van der Waals surface area contributed by atoms with Gasteiger partial charge in [0, 0.05) is 0 Å². The number of unbranched alkanes of at least 4 members (excludes halogenated alkanes) is 2. The first-order chi connectivity index (χ1) is 14.6. The molecule has 0 aromatic heterocycles. The first-order valence-corrected chi connectivity index (χ1v) is 10.8. The van der Waals surface area contributed by atoms with E-state index in [2.05, 4.69) is 39.9 Å². The van der Waals surface area contributed by atoms with Crippen LogP contribution in [0.1, 0.15) is 56.2 Å². The van der Waals surface area contributed by atoms with Crippen LogP contribution in [0.2, 0.25) is 0 Å². The van der Waals surface area contributed by atoms with Gasteiger partial charge >= 0.3 is 25.8 Å². The Bertz CT molecular complexity index is 589. The van der Waals surface area contributed by atoms with Crippen molar-refractivity contribution in [2.75, 3.05) is 13.1 Å². The SMILES string of the molecule is CCCC[N-]CCCC.[CH2-]c1ccccc1.[CH2-]c1ccccc1.[CH2-]c1ccccc1.[Hf+4]. The molecule has 0 amide bonds. The summed E-state index contributed by atoms with van der Waals surface area (Å²) in [6, 6.07) is 29.6. The summed E-state index contributed by atoms with van der Waals surface area (Å²) in [6.45, 7) is 17.7. The van der Waals surface area contributed by atoms with E-state index in [9.17, 15) is 0 Å². The van der Waals surface area contributed by atoms with Gasteiger partial charge in [0.25, 0.3) is 0 Å². The van der Waals surface area contributed by atoms with Crippen LogP contribution in [-0.4, -0.2) is 13.1 Å². The Labute approximate surface area is 211 Å². The Morgan fingerprint density at radius 1 is 0.516 bits per heavy atom. The Morgan fingerprint density at radius 3 is 0.935 bits per heavy atom. The predicted molar refractivity (Wildman–Crippen MR) is 136 cm³/mol. The molecule has 0 fully saturated rings. The molecule has 0 aliphatic carbocycles. The average Bonchev–Trinajstić information content (AvgIpc) is 2.77. The third-order valence-corrected chi connectivity index (χ3v) is 3.87. The molecule has 0 heterocycles. The van der Waals surface area contributed by atoms with Crippen molar-refractivity contribution in [2.45, 2.75) is 39.5 Å². The molecule has 0 aliphatic rings. The maximum absolute atomic E-state index is 4.35. The maximum atomic E-state index is 4.35. The van der Waals surface area contributed by atoms with Crippen molar-refractivity contribution in [2.24, 2.45) is 0 Å². The standard InChI is InChI=1S/C8H18N.3C7H7.Hf/c1-3-5-7-9-8-6-4-2;3*1-7-5-3-2-4-6-7;/h3-8H2,1-2H3;3*2-6H,1H2;/q4*-1;+4. The van der Waals surface area contributed by atoms with E-state index in [-0.39, 0.29) is 25.8 Å². The van der Waals surface area contributed by atoms with Crippen LogP contribution in [0.3, 0.4) is 0 Å². The van der Waals surface area contributed by atoms with E-state index in [1.165, 1.54) is 25.7 Å². The van der Waals surface area contributed by atoms with Crippen LogP contribution < -0.4 is 0 Å². The van der Waals surface area contributed by atoms with Crippen LogP contribution in [-0.2, 0) is 25.8 Å². The number of hydrogen-bond acceptors (Lipinski definition) is 0. The largest absolute Gasteiger partial charge is 4.00 e. The fourth-order valence-electron chi connectivity index (χ4n) is 2.09. The quantitative estimate of drug-likeness (QED) is 0.158. The van der Waals surface area contributed by atoms with E-state index in [0.29, 0.717) is 0 Å².